The van der Waals surface area contributed by atoms with Gasteiger partial charge in [0.1, 0.15) is 17.2 Å². The van der Waals surface area contributed by atoms with E-state index in [1.54, 1.807) is 0 Å². The molecule has 0 spiro atoms. The van der Waals surface area contributed by atoms with Gasteiger partial charge in [-0.2, -0.15) is 5.10 Å². The van der Waals surface area contributed by atoms with Crippen molar-refractivity contribution in [2.75, 3.05) is 0 Å². The lowest BCUT2D eigenvalue weighted by molar-refractivity contribution is 0.112. The van der Waals surface area contributed by atoms with Crippen molar-refractivity contribution >= 4 is 17.6 Å². The lowest BCUT2D eigenvalue weighted by Gasteiger charge is -2.02. The zero-order chi connectivity index (χ0) is 15.0. The number of carbonyl (C=O) groups is 1. The van der Waals surface area contributed by atoms with Gasteiger partial charge in [-0.05, 0) is 31.2 Å². The average molecular weight is 304 g/mol. The summed E-state index contributed by atoms with van der Waals surface area (Å²) in [6.07, 6.45) is 2.11. The van der Waals surface area contributed by atoms with E-state index in [1.807, 2.05) is 19.1 Å². The van der Waals surface area contributed by atoms with Crippen molar-refractivity contribution in [1.82, 2.24) is 9.78 Å². The van der Waals surface area contributed by atoms with Crippen LogP contribution in [0, 0.1) is 18.6 Å². The van der Waals surface area contributed by atoms with Gasteiger partial charge in [-0.15, -0.1) is 11.3 Å². The molecule has 6 heteroatoms. The first-order chi connectivity index (χ1) is 10.1. The SMILES string of the molecule is Cc1ccc(-c2nn(-c3ccc(F)cc3F)cc2C=O)s1. The van der Waals surface area contributed by atoms with Gasteiger partial charge in [-0.3, -0.25) is 4.79 Å². The minimum absolute atomic E-state index is 0.0963. The molecular formula is C15H10F2N2OS. The van der Waals surface area contributed by atoms with Gasteiger partial charge < -0.3 is 0 Å². The normalized spacial score (nSPS) is 10.8. The van der Waals surface area contributed by atoms with Gasteiger partial charge in [0.05, 0.1) is 10.4 Å². The van der Waals surface area contributed by atoms with Crippen molar-refractivity contribution in [1.29, 1.82) is 0 Å². The number of hydrogen-bond acceptors (Lipinski definition) is 3. The smallest absolute Gasteiger partial charge is 0.153 e. The van der Waals surface area contributed by atoms with Crippen LogP contribution in [0.5, 0.6) is 0 Å². The summed E-state index contributed by atoms with van der Waals surface area (Å²) in [6, 6.07) is 7.00. The number of nitrogens with zero attached hydrogens (tertiary/aromatic N) is 2. The Labute approximate surface area is 123 Å². The Morgan fingerprint density at radius 3 is 2.67 bits per heavy atom. The molecule has 0 aliphatic carbocycles. The van der Waals surface area contributed by atoms with E-state index >= 15 is 0 Å². The minimum atomic E-state index is -0.733. The second-order valence-corrected chi connectivity index (χ2v) is 5.79. The first-order valence-electron chi connectivity index (χ1n) is 6.15. The summed E-state index contributed by atoms with van der Waals surface area (Å²) < 4.78 is 28.0. The van der Waals surface area contributed by atoms with Crippen molar-refractivity contribution in [2.24, 2.45) is 0 Å². The second-order valence-electron chi connectivity index (χ2n) is 4.50. The van der Waals surface area contributed by atoms with Crippen LogP contribution < -0.4 is 0 Å². The standard InChI is InChI=1S/C15H10F2N2OS/c1-9-2-5-14(21-9)15-10(8-20)7-19(18-15)13-4-3-11(16)6-12(13)17/h2-8H,1H3. The van der Waals surface area contributed by atoms with E-state index in [1.165, 1.54) is 28.3 Å². The van der Waals surface area contributed by atoms with E-state index in [0.717, 1.165) is 21.9 Å². The number of hydrogen-bond donors (Lipinski definition) is 0. The van der Waals surface area contributed by atoms with Crippen LogP contribution in [0.4, 0.5) is 8.78 Å². The van der Waals surface area contributed by atoms with Crippen LogP contribution >= 0.6 is 11.3 Å². The van der Waals surface area contributed by atoms with Gasteiger partial charge in [-0.1, -0.05) is 0 Å². The fourth-order valence-corrected chi connectivity index (χ4v) is 2.89. The van der Waals surface area contributed by atoms with Crippen LogP contribution in [0.25, 0.3) is 16.3 Å². The summed E-state index contributed by atoms with van der Waals surface area (Å²) in [7, 11) is 0. The molecule has 0 fully saturated rings. The van der Waals surface area contributed by atoms with E-state index in [0.29, 0.717) is 17.5 Å². The van der Waals surface area contributed by atoms with E-state index < -0.39 is 11.6 Å². The van der Waals surface area contributed by atoms with E-state index in [-0.39, 0.29) is 5.69 Å². The molecule has 0 bridgehead atoms. The van der Waals surface area contributed by atoms with Gasteiger partial charge in [0.25, 0.3) is 0 Å². The van der Waals surface area contributed by atoms with E-state index in [2.05, 4.69) is 5.10 Å². The molecule has 0 unspecified atom stereocenters. The van der Waals surface area contributed by atoms with Crippen LogP contribution in [0.2, 0.25) is 0 Å². The number of aryl methyl sites for hydroxylation is 1. The van der Waals surface area contributed by atoms with Crippen molar-refractivity contribution < 1.29 is 13.6 Å². The van der Waals surface area contributed by atoms with Gasteiger partial charge in [-0.25, -0.2) is 13.5 Å². The lowest BCUT2D eigenvalue weighted by atomic mass is 10.2. The highest BCUT2D eigenvalue weighted by atomic mass is 32.1. The maximum absolute atomic E-state index is 13.8. The van der Waals surface area contributed by atoms with Crippen LogP contribution in [0.3, 0.4) is 0 Å². The number of rotatable bonds is 3. The third-order valence-corrected chi connectivity index (χ3v) is 4.01. The number of aldehydes is 1. The van der Waals surface area contributed by atoms with Crippen LogP contribution in [-0.2, 0) is 0 Å². The molecule has 3 aromatic rings. The number of thiophene rings is 1. The Morgan fingerprint density at radius 2 is 2.05 bits per heavy atom. The largest absolute Gasteiger partial charge is 0.298 e. The number of benzene rings is 1. The maximum Gasteiger partial charge on any atom is 0.153 e. The molecule has 0 atom stereocenters. The molecule has 2 heterocycles. The summed E-state index contributed by atoms with van der Waals surface area (Å²) in [5.41, 5.74) is 0.950. The number of carbonyl (C=O) groups excluding carboxylic acids is 1. The molecule has 0 aliphatic heterocycles. The summed E-state index contributed by atoms with van der Waals surface area (Å²) in [4.78, 5) is 13.1. The van der Waals surface area contributed by atoms with Gasteiger partial charge in [0.2, 0.25) is 0 Å². The van der Waals surface area contributed by atoms with E-state index in [4.69, 9.17) is 0 Å². The molecular weight excluding hydrogens is 294 g/mol. The molecule has 2 aromatic heterocycles. The average Bonchev–Trinajstić information content (AvgIpc) is 3.04. The third kappa shape index (κ3) is 2.50. The number of aromatic nitrogens is 2. The maximum atomic E-state index is 13.8. The Kier molecular flexibility index (Phi) is 3.39. The molecule has 0 amide bonds. The van der Waals surface area contributed by atoms with Crippen molar-refractivity contribution in [2.45, 2.75) is 6.92 Å². The third-order valence-electron chi connectivity index (χ3n) is 3.00. The van der Waals surface area contributed by atoms with Gasteiger partial charge in [0.15, 0.2) is 12.1 Å². The monoisotopic (exact) mass is 304 g/mol. The van der Waals surface area contributed by atoms with Crippen LogP contribution in [0.15, 0.2) is 36.5 Å². The zero-order valence-electron chi connectivity index (χ0n) is 11.0. The molecule has 3 nitrogen and oxygen atoms in total. The Bertz CT molecular complexity index is 823. The first kappa shape index (κ1) is 13.6. The fourth-order valence-electron chi connectivity index (χ4n) is 2.02. The molecule has 21 heavy (non-hydrogen) atoms. The Balaban J connectivity index is 2.13. The predicted octanol–water partition coefficient (Wildman–Crippen LogP) is 4.00. The summed E-state index contributed by atoms with van der Waals surface area (Å²) in [5.74, 6) is -1.39. The first-order valence-corrected chi connectivity index (χ1v) is 6.97. The highest BCUT2D eigenvalue weighted by Crippen LogP contribution is 2.29. The number of halogens is 2. The van der Waals surface area contributed by atoms with Crippen LogP contribution in [-0.4, -0.2) is 16.1 Å². The molecule has 0 saturated heterocycles. The molecule has 0 N–H and O–H groups in total. The topological polar surface area (TPSA) is 34.9 Å². The van der Waals surface area contributed by atoms with Crippen molar-refractivity contribution in [3.8, 4) is 16.3 Å². The minimum Gasteiger partial charge on any atom is -0.298 e. The quantitative estimate of drug-likeness (QED) is 0.686. The highest BCUT2D eigenvalue weighted by molar-refractivity contribution is 7.15. The molecule has 0 saturated carbocycles. The molecule has 0 radical (unpaired) electrons. The zero-order valence-corrected chi connectivity index (χ0v) is 11.8. The molecule has 106 valence electrons. The van der Waals surface area contributed by atoms with Crippen molar-refractivity contribution in [3.05, 3.63) is 58.6 Å². The van der Waals surface area contributed by atoms with Gasteiger partial charge >= 0.3 is 0 Å². The molecule has 1 aromatic carbocycles. The molecule has 3 rings (SSSR count). The van der Waals surface area contributed by atoms with Crippen LogP contribution in [0.1, 0.15) is 15.2 Å². The molecule has 0 aliphatic rings. The summed E-state index contributed by atoms with van der Waals surface area (Å²) >= 11 is 1.50. The second kappa shape index (κ2) is 5.21. The van der Waals surface area contributed by atoms with Crippen molar-refractivity contribution in [3.63, 3.8) is 0 Å². The Hall–Kier alpha value is -2.34. The highest BCUT2D eigenvalue weighted by Gasteiger charge is 2.15. The Morgan fingerprint density at radius 1 is 1.24 bits per heavy atom. The van der Waals surface area contributed by atoms with E-state index in [9.17, 15) is 13.6 Å². The fraction of sp³-hybridized carbons (Fsp3) is 0.0667. The lowest BCUT2D eigenvalue weighted by Crippen LogP contribution is -1.99. The van der Waals surface area contributed by atoms with Gasteiger partial charge in [0, 0.05) is 17.1 Å². The summed E-state index contributed by atoms with van der Waals surface area (Å²) in [5, 5.41) is 4.26. The summed E-state index contributed by atoms with van der Waals surface area (Å²) in [6.45, 7) is 1.95. The predicted molar refractivity (Wildman–Crippen MR) is 76.9 cm³/mol.